The van der Waals surface area contributed by atoms with Crippen LogP contribution in [0.3, 0.4) is 0 Å². The van der Waals surface area contributed by atoms with Crippen molar-refractivity contribution in [3.8, 4) is 0 Å². The minimum absolute atomic E-state index is 0.0830. The highest BCUT2D eigenvalue weighted by molar-refractivity contribution is 5.98. The maximum absolute atomic E-state index is 11.0. The summed E-state index contributed by atoms with van der Waals surface area (Å²) in [6.07, 6.45) is 1.70. The molecule has 4 heteroatoms. The van der Waals surface area contributed by atoms with Gasteiger partial charge in [-0.25, -0.2) is 9.59 Å². The number of carbonyl (C=O) groups excluding carboxylic acids is 2. The SMILES string of the molecule is O=C=C1CC(c2ccc[nH]2)OC1=O. The van der Waals surface area contributed by atoms with Gasteiger partial charge in [-0.3, -0.25) is 0 Å². The molecule has 1 aliphatic rings. The van der Waals surface area contributed by atoms with Crippen LogP contribution in [-0.2, 0) is 14.3 Å². The summed E-state index contributed by atoms with van der Waals surface area (Å²) in [5.74, 6) is 1.02. The maximum Gasteiger partial charge on any atom is 0.346 e. The zero-order valence-electron chi connectivity index (χ0n) is 6.74. The zero-order valence-corrected chi connectivity index (χ0v) is 6.74. The fourth-order valence-electron chi connectivity index (χ4n) is 1.31. The molecular weight excluding hydrogens is 170 g/mol. The monoisotopic (exact) mass is 177 g/mol. The van der Waals surface area contributed by atoms with Gasteiger partial charge in [0.25, 0.3) is 0 Å². The van der Waals surface area contributed by atoms with Crippen LogP contribution in [0, 0.1) is 0 Å². The van der Waals surface area contributed by atoms with E-state index < -0.39 is 5.97 Å². The lowest BCUT2D eigenvalue weighted by molar-refractivity contribution is -0.139. The minimum Gasteiger partial charge on any atom is -0.452 e. The highest BCUT2D eigenvalue weighted by Gasteiger charge is 2.31. The largest absolute Gasteiger partial charge is 0.452 e. The molecule has 1 saturated heterocycles. The lowest BCUT2D eigenvalue weighted by atomic mass is 10.1. The van der Waals surface area contributed by atoms with Crippen molar-refractivity contribution >= 4 is 11.9 Å². The molecule has 1 aromatic rings. The molecule has 66 valence electrons. The van der Waals surface area contributed by atoms with Crippen molar-refractivity contribution in [3.63, 3.8) is 0 Å². The van der Waals surface area contributed by atoms with Gasteiger partial charge in [0.15, 0.2) is 0 Å². The number of carbonyl (C=O) groups is 1. The van der Waals surface area contributed by atoms with Gasteiger partial charge in [0.05, 0.1) is 5.69 Å². The average molecular weight is 177 g/mol. The van der Waals surface area contributed by atoms with Crippen molar-refractivity contribution in [2.45, 2.75) is 12.5 Å². The lowest BCUT2D eigenvalue weighted by Gasteiger charge is -2.04. The first-order valence-electron chi connectivity index (χ1n) is 3.89. The third kappa shape index (κ3) is 1.27. The molecule has 0 spiro atoms. The second-order valence-corrected chi connectivity index (χ2v) is 2.80. The molecule has 0 amide bonds. The summed E-state index contributed by atoms with van der Waals surface area (Å²) in [5.41, 5.74) is 0.887. The Hall–Kier alpha value is -1.80. The van der Waals surface area contributed by atoms with E-state index in [2.05, 4.69) is 4.98 Å². The summed E-state index contributed by atoms with van der Waals surface area (Å²) in [4.78, 5) is 24.2. The highest BCUT2D eigenvalue weighted by atomic mass is 16.5. The van der Waals surface area contributed by atoms with E-state index in [0.717, 1.165) is 5.69 Å². The molecular formula is C9H7NO3. The topological polar surface area (TPSA) is 59.2 Å². The summed E-state index contributed by atoms with van der Waals surface area (Å²) < 4.78 is 4.94. The van der Waals surface area contributed by atoms with Crippen LogP contribution in [0.1, 0.15) is 18.2 Å². The number of aromatic nitrogens is 1. The van der Waals surface area contributed by atoms with Crippen LogP contribution in [0.4, 0.5) is 0 Å². The molecule has 1 atom stereocenters. The Kier molecular flexibility index (Phi) is 1.76. The van der Waals surface area contributed by atoms with Gasteiger partial charge in [-0.1, -0.05) is 0 Å². The van der Waals surface area contributed by atoms with E-state index in [4.69, 9.17) is 4.74 Å². The Morgan fingerprint density at radius 1 is 1.62 bits per heavy atom. The fraction of sp³-hybridized carbons (Fsp3) is 0.222. The quantitative estimate of drug-likeness (QED) is 0.391. The van der Waals surface area contributed by atoms with Gasteiger partial charge < -0.3 is 9.72 Å². The Morgan fingerprint density at radius 3 is 3.00 bits per heavy atom. The smallest absolute Gasteiger partial charge is 0.346 e. The van der Waals surface area contributed by atoms with Crippen molar-refractivity contribution in [2.24, 2.45) is 0 Å². The number of nitrogens with one attached hydrogen (secondary N) is 1. The summed E-state index contributed by atoms with van der Waals surface area (Å²) >= 11 is 0. The molecule has 0 radical (unpaired) electrons. The summed E-state index contributed by atoms with van der Waals surface area (Å²) in [6.45, 7) is 0. The van der Waals surface area contributed by atoms with Gasteiger partial charge in [-0.2, -0.15) is 0 Å². The fourth-order valence-corrected chi connectivity index (χ4v) is 1.31. The summed E-state index contributed by atoms with van der Waals surface area (Å²) in [5, 5.41) is 0. The molecule has 1 unspecified atom stereocenters. The number of H-pyrrole nitrogens is 1. The molecule has 13 heavy (non-hydrogen) atoms. The third-order valence-corrected chi connectivity index (χ3v) is 1.98. The third-order valence-electron chi connectivity index (χ3n) is 1.98. The van der Waals surface area contributed by atoms with Crippen LogP contribution in [0.2, 0.25) is 0 Å². The molecule has 1 fully saturated rings. The molecule has 1 aliphatic heterocycles. The van der Waals surface area contributed by atoms with Crippen LogP contribution in [0.5, 0.6) is 0 Å². The minimum atomic E-state index is -0.561. The summed E-state index contributed by atoms with van der Waals surface area (Å²) in [7, 11) is 0. The van der Waals surface area contributed by atoms with Gasteiger partial charge in [-0.15, -0.1) is 0 Å². The molecule has 4 nitrogen and oxygen atoms in total. The number of rotatable bonds is 1. The lowest BCUT2D eigenvalue weighted by Crippen LogP contribution is -1.98. The predicted molar refractivity (Wildman–Crippen MR) is 43.4 cm³/mol. The maximum atomic E-state index is 11.0. The Morgan fingerprint density at radius 2 is 2.46 bits per heavy atom. The van der Waals surface area contributed by atoms with E-state index in [1.165, 1.54) is 0 Å². The molecule has 2 rings (SSSR count). The van der Waals surface area contributed by atoms with Gasteiger partial charge in [-0.05, 0) is 12.1 Å². The van der Waals surface area contributed by atoms with E-state index >= 15 is 0 Å². The van der Waals surface area contributed by atoms with Crippen LogP contribution < -0.4 is 0 Å². The van der Waals surface area contributed by atoms with E-state index in [1.54, 1.807) is 12.1 Å². The van der Waals surface area contributed by atoms with Gasteiger partial charge >= 0.3 is 5.97 Å². The molecule has 0 saturated carbocycles. The van der Waals surface area contributed by atoms with Gasteiger partial charge in [0.1, 0.15) is 17.6 Å². The Balaban J connectivity index is 2.24. The van der Waals surface area contributed by atoms with Gasteiger partial charge in [0.2, 0.25) is 0 Å². The van der Waals surface area contributed by atoms with E-state index in [9.17, 15) is 9.59 Å². The van der Waals surface area contributed by atoms with Crippen LogP contribution in [0.15, 0.2) is 23.9 Å². The van der Waals surface area contributed by atoms with Gasteiger partial charge in [0, 0.05) is 12.6 Å². The van der Waals surface area contributed by atoms with Crippen LogP contribution in [0.25, 0.3) is 0 Å². The normalized spacial score (nSPS) is 21.4. The Bertz CT molecular complexity index is 374. The first-order chi connectivity index (χ1) is 6.31. The first kappa shape index (κ1) is 7.83. The number of hydrogen-bond donors (Lipinski definition) is 1. The van der Waals surface area contributed by atoms with E-state index in [0.29, 0.717) is 6.42 Å². The standard InChI is InChI=1S/C9H7NO3/c11-5-6-4-8(13-9(6)12)7-2-1-3-10-7/h1-3,8,10H,4H2. The van der Waals surface area contributed by atoms with Crippen LogP contribution in [-0.4, -0.2) is 16.9 Å². The van der Waals surface area contributed by atoms with Crippen molar-refractivity contribution in [1.82, 2.24) is 4.98 Å². The molecule has 1 N–H and O–H groups in total. The number of esters is 1. The molecule has 1 aromatic heterocycles. The second kappa shape index (κ2) is 2.92. The van der Waals surface area contributed by atoms with Crippen molar-refractivity contribution in [3.05, 3.63) is 29.6 Å². The first-order valence-corrected chi connectivity index (χ1v) is 3.89. The molecule has 0 aliphatic carbocycles. The zero-order chi connectivity index (χ0) is 9.26. The highest BCUT2D eigenvalue weighted by Crippen LogP contribution is 2.30. The molecule has 0 aromatic carbocycles. The Labute approximate surface area is 74.2 Å². The predicted octanol–water partition coefficient (Wildman–Crippen LogP) is 0.761. The average Bonchev–Trinajstić information content (AvgIpc) is 2.71. The number of aromatic amines is 1. The van der Waals surface area contributed by atoms with E-state index in [1.807, 2.05) is 12.1 Å². The molecule has 0 bridgehead atoms. The van der Waals surface area contributed by atoms with Crippen molar-refractivity contribution in [2.75, 3.05) is 0 Å². The van der Waals surface area contributed by atoms with Crippen molar-refractivity contribution in [1.29, 1.82) is 0 Å². The second-order valence-electron chi connectivity index (χ2n) is 2.80. The van der Waals surface area contributed by atoms with E-state index in [-0.39, 0.29) is 11.7 Å². The molecule has 2 heterocycles. The van der Waals surface area contributed by atoms with Crippen molar-refractivity contribution < 1.29 is 14.3 Å². The number of hydrogen-bond acceptors (Lipinski definition) is 3. The number of ether oxygens (including phenoxy) is 1. The number of cyclic esters (lactones) is 1. The van der Waals surface area contributed by atoms with Crippen LogP contribution >= 0.6 is 0 Å². The summed E-state index contributed by atoms with van der Waals surface area (Å²) in [6, 6.07) is 3.62.